The number of benzene rings is 1. The fourth-order valence-corrected chi connectivity index (χ4v) is 3.35. The monoisotopic (exact) mass is 344 g/mol. The minimum Gasteiger partial charge on any atom is -0.393 e. The van der Waals surface area contributed by atoms with Crippen LogP contribution >= 0.6 is 23.2 Å². The van der Waals surface area contributed by atoms with E-state index in [1.54, 1.807) is 23.1 Å². The summed E-state index contributed by atoms with van der Waals surface area (Å²) in [5.41, 5.74) is 0.860. The van der Waals surface area contributed by atoms with E-state index in [1.807, 2.05) is 6.92 Å². The first-order valence-electron chi connectivity index (χ1n) is 7.62. The first-order valence-corrected chi connectivity index (χ1v) is 8.38. The molecule has 1 fully saturated rings. The number of hydrogen-bond acceptors (Lipinski definition) is 2. The highest BCUT2D eigenvalue weighted by atomic mass is 35.5. The summed E-state index contributed by atoms with van der Waals surface area (Å²) in [6.45, 7) is 3.69. The van der Waals surface area contributed by atoms with Crippen LogP contribution in [0.2, 0.25) is 10.0 Å². The van der Waals surface area contributed by atoms with Gasteiger partial charge in [-0.15, -0.1) is 0 Å². The standard InChI is InChI=1S/C16H22Cl2N2O2/c1-11(21)12-6-9-20(10-7-12)16(22)19-8-5-13-14(17)3-2-4-15(13)18/h2-4,11-12,21H,5-10H2,1H3,(H,19,22). The van der Waals surface area contributed by atoms with E-state index in [0.29, 0.717) is 42.0 Å². The van der Waals surface area contributed by atoms with Crippen molar-refractivity contribution in [1.82, 2.24) is 10.2 Å². The lowest BCUT2D eigenvalue weighted by Crippen LogP contribution is -2.46. The number of urea groups is 1. The number of nitrogens with zero attached hydrogens (tertiary/aromatic N) is 1. The predicted molar refractivity (Wildman–Crippen MR) is 89.5 cm³/mol. The van der Waals surface area contributed by atoms with Gasteiger partial charge in [-0.1, -0.05) is 29.3 Å². The maximum atomic E-state index is 12.1. The average molecular weight is 345 g/mol. The van der Waals surface area contributed by atoms with Crippen LogP contribution in [0.3, 0.4) is 0 Å². The Balaban J connectivity index is 1.77. The zero-order valence-electron chi connectivity index (χ0n) is 12.7. The van der Waals surface area contributed by atoms with Crippen molar-refractivity contribution in [3.63, 3.8) is 0 Å². The Morgan fingerprint density at radius 3 is 2.50 bits per heavy atom. The molecule has 0 radical (unpaired) electrons. The first kappa shape index (κ1) is 17.4. The van der Waals surface area contributed by atoms with Crippen LogP contribution in [0.4, 0.5) is 4.79 Å². The van der Waals surface area contributed by atoms with Crippen LogP contribution in [0, 0.1) is 5.92 Å². The Hall–Kier alpha value is -0.970. The number of likely N-dealkylation sites (tertiary alicyclic amines) is 1. The number of carbonyl (C=O) groups excluding carboxylic acids is 1. The van der Waals surface area contributed by atoms with E-state index in [9.17, 15) is 9.90 Å². The average Bonchev–Trinajstić information content (AvgIpc) is 2.50. The molecule has 0 aliphatic carbocycles. The Morgan fingerprint density at radius 1 is 1.36 bits per heavy atom. The molecule has 1 aliphatic rings. The molecule has 1 aromatic rings. The number of amides is 2. The molecule has 1 heterocycles. The van der Waals surface area contributed by atoms with Crippen molar-refractivity contribution in [2.45, 2.75) is 32.3 Å². The minimum atomic E-state index is -0.299. The van der Waals surface area contributed by atoms with Crippen LogP contribution in [0.25, 0.3) is 0 Å². The molecule has 0 spiro atoms. The lowest BCUT2D eigenvalue weighted by atomic mass is 9.92. The Kier molecular flexibility index (Phi) is 6.36. The quantitative estimate of drug-likeness (QED) is 0.879. The SMILES string of the molecule is CC(O)C1CCN(C(=O)NCCc2c(Cl)cccc2Cl)CC1. The van der Waals surface area contributed by atoms with E-state index in [4.69, 9.17) is 23.2 Å². The Labute approximate surface area is 141 Å². The van der Waals surface area contributed by atoms with Crippen molar-refractivity contribution in [1.29, 1.82) is 0 Å². The van der Waals surface area contributed by atoms with Gasteiger partial charge in [0.15, 0.2) is 0 Å². The van der Waals surface area contributed by atoms with E-state index >= 15 is 0 Å². The first-order chi connectivity index (χ1) is 10.5. The van der Waals surface area contributed by atoms with Gasteiger partial charge in [-0.3, -0.25) is 0 Å². The van der Waals surface area contributed by atoms with E-state index < -0.39 is 0 Å². The zero-order valence-corrected chi connectivity index (χ0v) is 14.2. The number of carbonyl (C=O) groups is 1. The van der Waals surface area contributed by atoms with Gasteiger partial charge in [-0.2, -0.15) is 0 Å². The molecule has 0 aromatic heterocycles. The molecule has 4 nitrogen and oxygen atoms in total. The van der Waals surface area contributed by atoms with Crippen molar-refractivity contribution >= 4 is 29.2 Å². The summed E-state index contributed by atoms with van der Waals surface area (Å²) in [6.07, 6.45) is 2.00. The summed E-state index contributed by atoms with van der Waals surface area (Å²) in [6, 6.07) is 5.34. The number of hydrogen-bond donors (Lipinski definition) is 2. The molecular weight excluding hydrogens is 323 g/mol. The van der Waals surface area contributed by atoms with Gasteiger partial charge in [0.25, 0.3) is 0 Å². The Bertz CT molecular complexity index is 495. The third kappa shape index (κ3) is 4.51. The van der Waals surface area contributed by atoms with Crippen molar-refractivity contribution < 1.29 is 9.90 Å². The van der Waals surface area contributed by atoms with Crippen LogP contribution in [0.1, 0.15) is 25.3 Å². The molecule has 0 bridgehead atoms. The predicted octanol–water partition coefficient (Wildman–Crippen LogP) is 3.34. The van der Waals surface area contributed by atoms with Gasteiger partial charge < -0.3 is 15.3 Å². The molecule has 2 amide bonds. The van der Waals surface area contributed by atoms with E-state index in [0.717, 1.165) is 18.4 Å². The normalized spacial score (nSPS) is 17.4. The van der Waals surface area contributed by atoms with Gasteiger partial charge in [0, 0.05) is 29.7 Å². The maximum absolute atomic E-state index is 12.1. The minimum absolute atomic E-state index is 0.0628. The van der Waals surface area contributed by atoms with Crippen LogP contribution in [0.5, 0.6) is 0 Å². The fourth-order valence-electron chi connectivity index (χ4n) is 2.76. The van der Waals surface area contributed by atoms with Gasteiger partial charge in [0.05, 0.1) is 6.10 Å². The van der Waals surface area contributed by atoms with Gasteiger partial charge in [0.1, 0.15) is 0 Å². The molecule has 122 valence electrons. The molecule has 22 heavy (non-hydrogen) atoms. The maximum Gasteiger partial charge on any atom is 0.317 e. The van der Waals surface area contributed by atoms with Gasteiger partial charge in [-0.05, 0) is 49.8 Å². The second-order valence-electron chi connectivity index (χ2n) is 5.75. The van der Waals surface area contributed by atoms with Crippen LogP contribution in [-0.2, 0) is 6.42 Å². The largest absolute Gasteiger partial charge is 0.393 e. The van der Waals surface area contributed by atoms with Gasteiger partial charge >= 0.3 is 6.03 Å². The number of aliphatic hydroxyl groups is 1. The lowest BCUT2D eigenvalue weighted by molar-refractivity contribution is 0.0799. The van der Waals surface area contributed by atoms with E-state index in [1.165, 1.54) is 0 Å². The number of rotatable bonds is 4. The molecule has 1 unspecified atom stereocenters. The molecule has 6 heteroatoms. The van der Waals surface area contributed by atoms with Gasteiger partial charge in [0.2, 0.25) is 0 Å². The topological polar surface area (TPSA) is 52.6 Å². The fraction of sp³-hybridized carbons (Fsp3) is 0.562. The number of aliphatic hydroxyl groups excluding tert-OH is 1. The third-order valence-electron chi connectivity index (χ3n) is 4.22. The second kappa shape index (κ2) is 8.04. The molecule has 2 N–H and O–H groups in total. The summed E-state index contributed by atoms with van der Waals surface area (Å²) in [5, 5.41) is 13.7. The van der Waals surface area contributed by atoms with Gasteiger partial charge in [-0.25, -0.2) is 4.79 Å². The van der Waals surface area contributed by atoms with Crippen LogP contribution < -0.4 is 5.32 Å². The molecule has 1 aliphatic heterocycles. The molecule has 0 saturated carbocycles. The van der Waals surface area contributed by atoms with Crippen molar-refractivity contribution in [2.75, 3.05) is 19.6 Å². The second-order valence-corrected chi connectivity index (χ2v) is 6.56. The highest BCUT2D eigenvalue weighted by molar-refractivity contribution is 6.35. The van der Waals surface area contributed by atoms with Crippen molar-refractivity contribution in [3.05, 3.63) is 33.8 Å². The van der Waals surface area contributed by atoms with Crippen LogP contribution in [-0.4, -0.2) is 41.8 Å². The van der Waals surface area contributed by atoms with Crippen molar-refractivity contribution in [3.8, 4) is 0 Å². The van der Waals surface area contributed by atoms with Crippen molar-refractivity contribution in [2.24, 2.45) is 5.92 Å². The van der Waals surface area contributed by atoms with Crippen LogP contribution in [0.15, 0.2) is 18.2 Å². The Morgan fingerprint density at radius 2 is 1.95 bits per heavy atom. The molecule has 2 rings (SSSR count). The number of piperidine rings is 1. The lowest BCUT2D eigenvalue weighted by Gasteiger charge is -2.33. The highest BCUT2D eigenvalue weighted by Crippen LogP contribution is 2.24. The number of halogens is 2. The summed E-state index contributed by atoms with van der Waals surface area (Å²) >= 11 is 12.2. The zero-order chi connectivity index (χ0) is 16.1. The summed E-state index contributed by atoms with van der Waals surface area (Å²) in [5.74, 6) is 0.297. The third-order valence-corrected chi connectivity index (χ3v) is 4.93. The molecule has 1 atom stereocenters. The molecular formula is C16H22Cl2N2O2. The summed E-state index contributed by atoms with van der Waals surface area (Å²) in [4.78, 5) is 13.9. The highest BCUT2D eigenvalue weighted by Gasteiger charge is 2.25. The molecule has 1 saturated heterocycles. The summed E-state index contributed by atoms with van der Waals surface area (Å²) in [7, 11) is 0. The molecule has 1 aromatic carbocycles. The summed E-state index contributed by atoms with van der Waals surface area (Å²) < 4.78 is 0. The van der Waals surface area contributed by atoms with E-state index in [-0.39, 0.29) is 12.1 Å². The smallest absolute Gasteiger partial charge is 0.317 e. The van der Waals surface area contributed by atoms with E-state index in [2.05, 4.69) is 5.32 Å². The number of nitrogens with one attached hydrogen (secondary N) is 1.